The summed E-state index contributed by atoms with van der Waals surface area (Å²) in [5, 5.41) is 0. The van der Waals surface area contributed by atoms with Gasteiger partial charge in [-0.3, -0.25) is 4.79 Å². The molecule has 0 aliphatic carbocycles. The van der Waals surface area contributed by atoms with Gasteiger partial charge in [-0.05, 0) is 86.4 Å². The third kappa shape index (κ3) is 7.40. The molecule has 0 radical (unpaired) electrons. The first-order valence-electron chi connectivity index (χ1n) is 16.3. The Bertz CT molecular complexity index is 1840. The van der Waals surface area contributed by atoms with Gasteiger partial charge in [0.25, 0.3) is 15.9 Å². The molecule has 0 spiro atoms. The zero-order valence-electron chi connectivity index (χ0n) is 27.4. The summed E-state index contributed by atoms with van der Waals surface area (Å²) < 4.78 is 36.2. The second kappa shape index (κ2) is 13.7. The van der Waals surface area contributed by atoms with E-state index in [0.717, 1.165) is 54.0 Å². The number of ether oxygens (including phenoxy) is 1. The van der Waals surface area contributed by atoms with Crippen LogP contribution in [-0.4, -0.2) is 59.9 Å². The van der Waals surface area contributed by atoms with E-state index in [4.69, 9.17) is 9.72 Å². The summed E-state index contributed by atoms with van der Waals surface area (Å²) in [7, 11) is -4.14. The molecule has 1 N–H and O–H groups in total. The first kappa shape index (κ1) is 32.4. The number of hydrogen-bond acceptors (Lipinski definition) is 8. The number of hydrogen-bond donors (Lipinski definition) is 1. The number of rotatable bonds is 6. The lowest BCUT2D eigenvalue weighted by atomic mass is 10.00. The number of aromatic nitrogens is 3. The predicted octanol–water partition coefficient (Wildman–Crippen LogP) is 6.40. The van der Waals surface area contributed by atoms with Gasteiger partial charge in [0.05, 0.1) is 16.6 Å². The fourth-order valence-corrected chi connectivity index (χ4v) is 7.42. The average Bonchev–Trinajstić information content (AvgIpc) is 3.05. The Balaban J connectivity index is 1.42. The Morgan fingerprint density at radius 3 is 2.40 bits per heavy atom. The zero-order chi connectivity index (χ0) is 33.1. The molecule has 47 heavy (non-hydrogen) atoms. The topological polar surface area (TPSA) is 118 Å². The minimum absolute atomic E-state index is 0.0564. The number of anilines is 2. The lowest BCUT2D eigenvalue weighted by Crippen LogP contribution is -2.44. The fourth-order valence-electron chi connectivity index (χ4n) is 6.43. The normalized spacial score (nSPS) is 18.1. The van der Waals surface area contributed by atoms with Gasteiger partial charge in [0.15, 0.2) is 0 Å². The summed E-state index contributed by atoms with van der Waals surface area (Å²) in [6.07, 6.45) is 6.05. The van der Waals surface area contributed by atoms with E-state index in [1.54, 1.807) is 23.1 Å². The van der Waals surface area contributed by atoms with Gasteiger partial charge in [-0.1, -0.05) is 44.2 Å². The van der Waals surface area contributed by atoms with Crippen molar-refractivity contribution < 1.29 is 17.9 Å². The molecule has 2 aromatic carbocycles. The molecular formula is C36H42N6O4S. The Morgan fingerprint density at radius 1 is 0.957 bits per heavy atom. The SMILES string of the molecule is Cc1cccc(C)c1-c1cc2nc(n1)NS(=O)(=O)c1cccc(c1)C(=O)N(Cc1ccc(N3CCCCC3)nc1)[C@H](CC(C)C)CO2. The van der Waals surface area contributed by atoms with E-state index in [1.807, 2.05) is 50.4 Å². The molecule has 2 aliphatic rings. The van der Waals surface area contributed by atoms with Gasteiger partial charge in [-0.25, -0.2) is 23.1 Å². The number of aryl methyl sites for hydroxylation is 2. The second-order valence-corrected chi connectivity index (χ2v) is 14.6. The highest BCUT2D eigenvalue weighted by Crippen LogP contribution is 2.31. The number of piperidine rings is 1. The highest BCUT2D eigenvalue weighted by atomic mass is 32.2. The number of pyridine rings is 1. The van der Waals surface area contributed by atoms with Crippen LogP contribution in [0.3, 0.4) is 0 Å². The molecule has 1 atom stereocenters. The van der Waals surface area contributed by atoms with Crippen LogP contribution in [0.25, 0.3) is 11.3 Å². The minimum Gasteiger partial charge on any atom is -0.475 e. The van der Waals surface area contributed by atoms with Crippen LogP contribution in [-0.2, 0) is 16.6 Å². The monoisotopic (exact) mass is 654 g/mol. The van der Waals surface area contributed by atoms with Crippen LogP contribution in [0, 0.1) is 19.8 Å². The van der Waals surface area contributed by atoms with Gasteiger partial charge < -0.3 is 14.5 Å². The van der Waals surface area contributed by atoms with E-state index in [1.165, 1.54) is 18.6 Å². The summed E-state index contributed by atoms with van der Waals surface area (Å²) >= 11 is 0. The van der Waals surface area contributed by atoms with Gasteiger partial charge in [-0.2, -0.15) is 4.98 Å². The van der Waals surface area contributed by atoms with Gasteiger partial charge >= 0.3 is 0 Å². The summed E-state index contributed by atoms with van der Waals surface area (Å²) in [6, 6.07) is 17.5. The quantitative estimate of drug-likeness (QED) is 0.254. The van der Waals surface area contributed by atoms with E-state index >= 15 is 0 Å². The maximum atomic E-state index is 14.3. The van der Waals surface area contributed by atoms with Gasteiger partial charge in [0, 0.05) is 43.0 Å². The molecule has 0 unspecified atom stereocenters. The van der Waals surface area contributed by atoms with E-state index < -0.39 is 10.0 Å². The first-order valence-corrected chi connectivity index (χ1v) is 17.8. The van der Waals surface area contributed by atoms with Crippen molar-refractivity contribution in [2.24, 2.45) is 5.92 Å². The van der Waals surface area contributed by atoms with Crippen molar-refractivity contribution in [1.29, 1.82) is 0 Å². The second-order valence-electron chi connectivity index (χ2n) is 12.9. The molecule has 1 saturated heterocycles. The van der Waals surface area contributed by atoms with Crippen LogP contribution in [0.5, 0.6) is 5.88 Å². The lowest BCUT2D eigenvalue weighted by molar-refractivity contribution is 0.0553. The molecule has 4 aromatic rings. The summed E-state index contributed by atoms with van der Waals surface area (Å²) in [6.45, 7) is 10.6. The summed E-state index contributed by atoms with van der Waals surface area (Å²) in [5.74, 6) is 1.01. The van der Waals surface area contributed by atoms with Crippen LogP contribution in [0.2, 0.25) is 0 Å². The number of benzene rings is 2. The van der Waals surface area contributed by atoms with Crippen molar-refractivity contribution in [1.82, 2.24) is 19.9 Å². The number of sulfonamides is 1. The Kier molecular flexibility index (Phi) is 9.45. The van der Waals surface area contributed by atoms with Crippen molar-refractivity contribution in [2.45, 2.75) is 70.9 Å². The van der Waals surface area contributed by atoms with Gasteiger partial charge in [-0.15, -0.1) is 0 Å². The maximum absolute atomic E-state index is 14.3. The molecule has 1 fully saturated rings. The van der Waals surface area contributed by atoms with E-state index in [0.29, 0.717) is 12.1 Å². The smallest absolute Gasteiger partial charge is 0.264 e. The first-order chi connectivity index (χ1) is 22.6. The third-order valence-electron chi connectivity index (χ3n) is 8.77. The zero-order valence-corrected chi connectivity index (χ0v) is 28.3. The Morgan fingerprint density at radius 2 is 1.70 bits per heavy atom. The van der Waals surface area contributed by atoms with Gasteiger partial charge in [0.2, 0.25) is 11.8 Å². The molecule has 2 aliphatic heterocycles. The van der Waals surface area contributed by atoms with Crippen LogP contribution in [0.1, 0.15) is 66.6 Å². The van der Waals surface area contributed by atoms with Crippen LogP contribution < -0.4 is 14.4 Å². The molecule has 1 amide bonds. The molecule has 6 rings (SSSR count). The average molecular weight is 655 g/mol. The molecule has 11 heteroatoms. The number of nitrogens with zero attached hydrogens (tertiary/aromatic N) is 5. The molecule has 0 saturated carbocycles. The Labute approximate surface area is 277 Å². The number of carbonyl (C=O) groups excluding carboxylic acids is 1. The van der Waals surface area contributed by atoms with E-state index in [-0.39, 0.29) is 53.3 Å². The molecule has 4 bridgehead atoms. The van der Waals surface area contributed by atoms with Crippen molar-refractivity contribution >= 4 is 27.7 Å². The standard InChI is InChI=1S/C36H42N6O4S/c1-24(2)18-29-23-46-33-20-31(34-25(3)10-8-11-26(34)4)38-36(39-33)40-47(44,45)30-13-9-12-28(19-30)35(43)42(29)22-27-14-15-32(37-21-27)41-16-6-5-7-17-41/h8-15,19-21,24,29H,5-7,16-18,22-23H2,1-4H3,(H,38,39,40)/t29-/m1/s1. The van der Waals surface area contributed by atoms with Crippen molar-refractivity contribution in [3.8, 4) is 17.1 Å². The maximum Gasteiger partial charge on any atom is 0.264 e. The largest absolute Gasteiger partial charge is 0.475 e. The third-order valence-corrected chi connectivity index (χ3v) is 10.1. The van der Waals surface area contributed by atoms with Crippen molar-refractivity contribution in [3.05, 3.63) is 89.1 Å². The van der Waals surface area contributed by atoms with Crippen LogP contribution >= 0.6 is 0 Å². The van der Waals surface area contributed by atoms with Crippen LogP contribution in [0.4, 0.5) is 11.8 Å². The van der Waals surface area contributed by atoms with Crippen LogP contribution in [0.15, 0.2) is 71.8 Å². The van der Waals surface area contributed by atoms with Crippen molar-refractivity contribution in [2.75, 3.05) is 29.3 Å². The van der Waals surface area contributed by atoms with Gasteiger partial charge in [0.1, 0.15) is 12.4 Å². The van der Waals surface area contributed by atoms with Crippen molar-refractivity contribution in [3.63, 3.8) is 0 Å². The highest BCUT2D eigenvalue weighted by Gasteiger charge is 2.29. The number of carbonyl (C=O) groups is 1. The molecule has 10 nitrogen and oxygen atoms in total. The summed E-state index contributed by atoms with van der Waals surface area (Å²) in [5.41, 5.74) is 4.54. The number of nitrogens with one attached hydrogen (secondary N) is 1. The molecular weight excluding hydrogens is 613 g/mol. The summed E-state index contributed by atoms with van der Waals surface area (Å²) in [4.78, 5) is 32.2. The Hall–Kier alpha value is -4.51. The lowest BCUT2D eigenvalue weighted by Gasteiger charge is -2.33. The molecule has 2 aromatic heterocycles. The van der Waals surface area contributed by atoms with E-state index in [9.17, 15) is 13.2 Å². The number of fused-ring (bicyclic) bond motifs is 4. The molecule has 246 valence electrons. The number of amides is 1. The fraction of sp³-hybridized carbons (Fsp3) is 0.389. The van der Waals surface area contributed by atoms with E-state index in [2.05, 4.69) is 33.4 Å². The highest BCUT2D eigenvalue weighted by molar-refractivity contribution is 7.92. The molecule has 4 heterocycles. The predicted molar refractivity (Wildman–Crippen MR) is 183 cm³/mol. The minimum atomic E-state index is -4.14.